The molecular weight excluding hydrogens is 272 g/mol. The first-order chi connectivity index (χ1) is 9.69. The van der Waals surface area contributed by atoms with Crippen LogP contribution in [0.5, 0.6) is 0 Å². The molecule has 2 rings (SSSR count). The molecule has 2 aromatic heterocycles. The molecule has 0 atom stereocenters. The van der Waals surface area contributed by atoms with Crippen LogP contribution in [-0.2, 0) is 13.1 Å². The smallest absolute Gasteiger partial charge is 0.191 e. The Hall–Kier alpha value is -1.89. The molecule has 0 fully saturated rings. The average molecular weight is 292 g/mol. The van der Waals surface area contributed by atoms with Crippen molar-refractivity contribution in [1.82, 2.24) is 25.2 Å². The number of thiazole rings is 1. The molecular formula is C13H20N6S. The van der Waals surface area contributed by atoms with Crippen LogP contribution in [0.15, 0.2) is 23.7 Å². The highest BCUT2D eigenvalue weighted by atomic mass is 32.1. The van der Waals surface area contributed by atoms with Crippen LogP contribution in [-0.4, -0.2) is 34.1 Å². The maximum absolute atomic E-state index is 4.50. The van der Waals surface area contributed by atoms with Crippen molar-refractivity contribution in [3.05, 3.63) is 34.3 Å². The van der Waals surface area contributed by atoms with Crippen LogP contribution in [0, 0.1) is 13.8 Å². The van der Waals surface area contributed by atoms with Crippen molar-refractivity contribution in [1.29, 1.82) is 0 Å². The van der Waals surface area contributed by atoms with Crippen molar-refractivity contribution in [3.8, 4) is 0 Å². The predicted molar refractivity (Wildman–Crippen MR) is 82.0 cm³/mol. The molecule has 108 valence electrons. The van der Waals surface area contributed by atoms with Crippen LogP contribution in [0.1, 0.15) is 15.6 Å². The van der Waals surface area contributed by atoms with E-state index in [-0.39, 0.29) is 0 Å². The second kappa shape index (κ2) is 7.04. The Morgan fingerprint density at radius 2 is 2.25 bits per heavy atom. The van der Waals surface area contributed by atoms with Gasteiger partial charge in [0.05, 0.1) is 18.6 Å². The zero-order valence-electron chi connectivity index (χ0n) is 12.1. The second-order valence-corrected chi connectivity index (χ2v) is 5.69. The highest BCUT2D eigenvalue weighted by molar-refractivity contribution is 7.11. The molecule has 0 amide bonds. The van der Waals surface area contributed by atoms with Crippen LogP contribution in [0.4, 0.5) is 0 Å². The molecule has 0 aliphatic heterocycles. The van der Waals surface area contributed by atoms with Crippen LogP contribution in [0.2, 0.25) is 0 Å². The zero-order chi connectivity index (χ0) is 14.4. The fourth-order valence-corrected chi connectivity index (χ4v) is 2.59. The topological polar surface area (TPSA) is 67.1 Å². The minimum Gasteiger partial charge on any atom is -0.355 e. The van der Waals surface area contributed by atoms with Gasteiger partial charge in [0.1, 0.15) is 5.01 Å². The summed E-state index contributed by atoms with van der Waals surface area (Å²) in [7, 11) is 1.77. The number of aryl methyl sites for hydroxylation is 2. The molecule has 2 N–H and O–H groups in total. The number of nitrogens with one attached hydrogen (secondary N) is 2. The average Bonchev–Trinajstić information content (AvgIpc) is 3.05. The van der Waals surface area contributed by atoms with Crippen molar-refractivity contribution in [3.63, 3.8) is 0 Å². The van der Waals surface area contributed by atoms with Crippen LogP contribution < -0.4 is 10.6 Å². The normalized spacial score (nSPS) is 11.7. The van der Waals surface area contributed by atoms with Crippen LogP contribution >= 0.6 is 11.3 Å². The lowest BCUT2D eigenvalue weighted by Gasteiger charge is -2.11. The van der Waals surface area contributed by atoms with Gasteiger partial charge in [-0.05, 0) is 13.8 Å². The lowest BCUT2D eigenvalue weighted by molar-refractivity contribution is 0.661. The van der Waals surface area contributed by atoms with Crippen molar-refractivity contribution in [2.45, 2.75) is 26.9 Å². The van der Waals surface area contributed by atoms with E-state index in [9.17, 15) is 0 Å². The van der Waals surface area contributed by atoms with E-state index in [1.807, 2.05) is 17.7 Å². The number of nitrogens with zero attached hydrogens (tertiary/aromatic N) is 4. The molecule has 0 aromatic carbocycles. The number of hydrogen-bond donors (Lipinski definition) is 2. The molecule has 0 radical (unpaired) electrons. The highest BCUT2D eigenvalue weighted by Gasteiger charge is 2.04. The zero-order valence-corrected chi connectivity index (χ0v) is 12.9. The Balaban J connectivity index is 1.75. The Kier molecular flexibility index (Phi) is 5.11. The van der Waals surface area contributed by atoms with Gasteiger partial charge in [-0.15, -0.1) is 11.3 Å². The van der Waals surface area contributed by atoms with E-state index in [0.717, 1.165) is 29.8 Å². The fraction of sp³-hybridized carbons (Fsp3) is 0.462. The Bertz CT molecular complexity index is 538. The summed E-state index contributed by atoms with van der Waals surface area (Å²) < 4.78 is 2.02. The highest BCUT2D eigenvalue weighted by Crippen LogP contribution is 2.15. The maximum atomic E-state index is 4.50. The summed E-state index contributed by atoms with van der Waals surface area (Å²) in [5.41, 5.74) is 1.11. The molecule has 0 aliphatic rings. The van der Waals surface area contributed by atoms with Gasteiger partial charge in [0.25, 0.3) is 0 Å². The summed E-state index contributed by atoms with van der Waals surface area (Å²) in [6, 6.07) is 0. The first-order valence-electron chi connectivity index (χ1n) is 6.52. The number of hydrogen-bond acceptors (Lipinski definition) is 4. The minimum atomic E-state index is 0.699. The van der Waals surface area contributed by atoms with E-state index in [1.165, 1.54) is 4.88 Å². The third kappa shape index (κ3) is 4.06. The van der Waals surface area contributed by atoms with Gasteiger partial charge in [-0.1, -0.05) is 0 Å². The minimum absolute atomic E-state index is 0.699. The van der Waals surface area contributed by atoms with Crippen LogP contribution in [0.3, 0.4) is 0 Å². The number of guanidine groups is 1. The van der Waals surface area contributed by atoms with Gasteiger partial charge in [0.2, 0.25) is 0 Å². The van der Waals surface area contributed by atoms with Crippen molar-refractivity contribution in [2.75, 3.05) is 13.6 Å². The summed E-state index contributed by atoms with van der Waals surface area (Å²) in [5, 5.41) is 7.62. The SMILES string of the molecule is CN=C(NCCn1ccnc1)NCc1nc(C)c(C)s1. The molecule has 20 heavy (non-hydrogen) atoms. The molecule has 0 spiro atoms. The van der Waals surface area contributed by atoms with Gasteiger partial charge < -0.3 is 15.2 Å². The Morgan fingerprint density at radius 1 is 1.40 bits per heavy atom. The fourth-order valence-electron chi connectivity index (χ4n) is 1.72. The molecule has 0 saturated heterocycles. The third-order valence-electron chi connectivity index (χ3n) is 2.93. The van der Waals surface area contributed by atoms with Gasteiger partial charge in [-0.3, -0.25) is 4.99 Å². The quantitative estimate of drug-likeness (QED) is 0.644. The lowest BCUT2D eigenvalue weighted by Crippen LogP contribution is -2.38. The van der Waals surface area contributed by atoms with Gasteiger partial charge in [-0.2, -0.15) is 0 Å². The summed E-state index contributed by atoms with van der Waals surface area (Å²) in [4.78, 5) is 14.0. The number of aliphatic imine (C=N–C) groups is 1. The monoisotopic (exact) mass is 292 g/mol. The molecule has 0 saturated carbocycles. The standard InChI is InChI=1S/C13H20N6S/c1-10-11(2)20-12(18-10)8-17-13(14-3)16-5-7-19-6-4-15-9-19/h4,6,9H,5,7-8H2,1-3H3,(H2,14,16,17). The molecule has 0 aliphatic carbocycles. The largest absolute Gasteiger partial charge is 0.355 e. The van der Waals surface area contributed by atoms with Gasteiger partial charge in [-0.25, -0.2) is 9.97 Å². The molecule has 0 bridgehead atoms. The second-order valence-electron chi connectivity index (χ2n) is 4.40. The van der Waals surface area contributed by atoms with Gasteiger partial charge >= 0.3 is 0 Å². The summed E-state index contributed by atoms with van der Waals surface area (Å²) in [6.45, 7) is 6.48. The van der Waals surface area contributed by atoms with Crippen molar-refractivity contribution >= 4 is 17.3 Å². The van der Waals surface area contributed by atoms with E-state index < -0.39 is 0 Å². The van der Waals surface area contributed by atoms with Crippen LogP contribution in [0.25, 0.3) is 0 Å². The summed E-state index contributed by atoms with van der Waals surface area (Å²) >= 11 is 1.72. The van der Waals surface area contributed by atoms with Crippen molar-refractivity contribution < 1.29 is 0 Å². The summed E-state index contributed by atoms with van der Waals surface area (Å²) in [5.74, 6) is 0.788. The van der Waals surface area contributed by atoms with E-state index in [4.69, 9.17) is 0 Å². The molecule has 7 heteroatoms. The van der Waals surface area contributed by atoms with Gasteiger partial charge in [0.15, 0.2) is 5.96 Å². The Morgan fingerprint density at radius 3 is 2.85 bits per heavy atom. The van der Waals surface area contributed by atoms with E-state index in [1.54, 1.807) is 30.9 Å². The lowest BCUT2D eigenvalue weighted by atomic mass is 10.4. The number of imidazole rings is 1. The third-order valence-corrected chi connectivity index (χ3v) is 4.00. The van der Waals surface area contributed by atoms with Crippen molar-refractivity contribution in [2.24, 2.45) is 4.99 Å². The predicted octanol–water partition coefficient (Wildman–Crippen LogP) is 1.32. The van der Waals surface area contributed by atoms with E-state index in [2.05, 4.69) is 32.5 Å². The molecule has 2 heterocycles. The summed E-state index contributed by atoms with van der Waals surface area (Å²) in [6.07, 6.45) is 5.53. The number of rotatable bonds is 5. The Labute approximate surface area is 123 Å². The van der Waals surface area contributed by atoms with E-state index >= 15 is 0 Å². The van der Waals surface area contributed by atoms with E-state index in [0.29, 0.717) is 6.54 Å². The molecule has 2 aromatic rings. The number of aromatic nitrogens is 3. The molecule has 0 unspecified atom stereocenters. The first-order valence-corrected chi connectivity index (χ1v) is 7.34. The maximum Gasteiger partial charge on any atom is 0.191 e. The first kappa shape index (κ1) is 14.5. The molecule has 6 nitrogen and oxygen atoms in total. The van der Waals surface area contributed by atoms with Gasteiger partial charge in [0, 0.05) is 37.4 Å².